The van der Waals surface area contributed by atoms with Crippen LogP contribution < -0.4 is 4.89 Å². The molecule has 2 N–H and O–H groups in total. The molecule has 0 heterocycles. The highest BCUT2D eigenvalue weighted by Crippen LogP contribution is 2.31. The Morgan fingerprint density at radius 3 is 2.55 bits per heavy atom. The molecule has 0 aliphatic rings. The van der Waals surface area contributed by atoms with Gasteiger partial charge in [-0.1, -0.05) is 6.92 Å². The Labute approximate surface area is 65.2 Å². The van der Waals surface area contributed by atoms with E-state index in [1.807, 2.05) is 0 Å². The lowest BCUT2D eigenvalue weighted by molar-refractivity contribution is -0.221. The van der Waals surface area contributed by atoms with E-state index in [0.29, 0.717) is 6.42 Å². The highest BCUT2D eigenvalue weighted by Gasteiger charge is 2.08. The van der Waals surface area contributed by atoms with E-state index in [1.165, 1.54) is 0 Å². The number of phosphoric acid groups is 1. The van der Waals surface area contributed by atoms with Crippen molar-refractivity contribution in [3.8, 4) is 0 Å². The van der Waals surface area contributed by atoms with Crippen LogP contribution in [-0.4, -0.2) is 23.2 Å². The molecule has 0 aromatic heterocycles. The Bertz CT molecular complexity index is 138. The number of phosphoric ester groups is 1. The first-order chi connectivity index (χ1) is 4.99. The average molecular weight is 183 g/mol. The van der Waals surface area contributed by atoms with E-state index in [0.717, 1.165) is 0 Å². The minimum atomic E-state index is -4.61. The van der Waals surface area contributed by atoms with E-state index in [4.69, 9.17) is 10.00 Å². The third kappa shape index (κ3) is 6.47. The minimum absolute atomic E-state index is 0.142. The third-order valence-corrected chi connectivity index (χ3v) is 1.78. The van der Waals surface area contributed by atoms with Crippen LogP contribution in [0.15, 0.2) is 0 Å². The van der Waals surface area contributed by atoms with Gasteiger partial charge in [0.05, 0.1) is 6.61 Å². The molecule has 6 heteroatoms. The van der Waals surface area contributed by atoms with Crippen molar-refractivity contribution < 1.29 is 24.0 Å². The average Bonchev–Trinajstić information content (AvgIpc) is 1.88. The Hall–Kier alpha value is 0.0700. The predicted octanol–water partition coefficient (Wildman–Crippen LogP) is -0.518. The fraction of sp³-hybridized carbons (Fsp3) is 1.00. The molecule has 0 aliphatic carbocycles. The van der Waals surface area contributed by atoms with Gasteiger partial charge in [0.25, 0.3) is 7.82 Å². The lowest BCUT2D eigenvalue weighted by atomic mass is 10.1. The van der Waals surface area contributed by atoms with E-state index in [2.05, 4.69) is 4.52 Å². The molecule has 68 valence electrons. The van der Waals surface area contributed by atoms with E-state index < -0.39 is 7.82 Å². The molecule has 0 spiro atoms. The summed E-state index contributed by atoms with van der Waals surface area (Å²) in [5.41, 5.74) is 0. The summed E-state index contributed by atoms with van der Waals surface area (Å²) in [5.74, 6) is -0.232. The Balaban J connectivity index is 3.59. The molecular weight excluding hydrogens is 171 g/mol. The second kappa shape index (κ2) is 4.85. The van der Waals surface area contributed by atoms with Crippen molar-refractivity contribution in [2.75, 3.05) is 13.2 Å². The molecule has 0 aliphatic heterocycles. The maximum Gasteiger partial charge on any atom is 0.265 e. The highest BCUT2D eigenvalue weighted by molar-refractivity contribution is 7.44. The van der Waals surface area contributed by atoms with Gasteiger partial charge in [0.2, 0.25) is 0 Å². The van der Waals surface area contributed by atoms with Crippen molar-refractivity contribution in [2.24, 2.45) is 5.92 Å². The molecular formula is C5H12O5P-. The largest absolute Gasteiger partial charge is 0.756 e. The molecule has 11 heavy (non-hydrogen) atoms. The Kier molecular flexibility index (Phi) is 4.88. The number of aliphatic hydroxyl groups is 1. The summed E-state index contributed by atoms with van der Waals surface area (Å²) in [7, 11) is -4.61. The van der Waals surface area contributed by atoms with Crippen molar-refractivity contribution in [2.45, 2.75) is 13.3 Å². The fourth-order valence-electron chi connectivity index (χ4n) is 0.499. The molecule has 0 rings (SSSR count). The predicted molar refractivity (Wildman–Crippen MR) is 36.6 cm³/mol. The van der Waals surface area contributed by atoms with E-state index in [9.17, 15) is 9.46 Å². The van der Waals surface area contributed by atoms with Crippen molar-refractivity contribution in [1.82, 2.24) is 0 Å². The second-order valence-electron chi connectivity index (χ2n) is 2.22. The number of hydrogen-bond donors (Lipinski definition) is 2. The van der Waals surface area contributed by atoms with Gasteiger partial charge >= 0.3 is 0 Å². The zero-order chi connectivity index (χ0) is 8.91. The van der Waals surface area contributed by atoms with Crippen molar-refractivity contribution in [3.63, 3.8) is 0 Å². The zero-order valence-electron chi connectivity index (χ0n) is 6.27. The Morgan fingerprint density at radius 2 is 2.27 bits per heavy atom. The quantitative estimate of drug-likeness (QED) is 0.560. The van der Waals surface area contributed by atoms with Gasteiger partial charge in [-0.3, -0.25) is 4.57 Å². The van der Waals surface area contributed by atoms with Gasteiger partial charge in [-0.2, -0.15) is 0 Å². The smallest absolute Gasteiger partial charge is 0.265 e. The minimum Gasteiger partial charge on any atom is -0.756 e. The van der Waals surface area contributed by atoms with Gasteiger partial charge in [0.15, 0.2) is 0 Å². The normalized spacial score (nSPS) is 19.3. The van der Waals surface area contributed by atoms with E-state index in [1.54, 1.807) is 6.92 Å². The molecule has 0 bridgehead atoms. The summed E-state index contributed by atoms with van der Waals surface area (Å²) in [6.45, 7) is 1.48. The number of hydrogen-bond acceptors (Lipinski definition) is 4. The lowest BCUT2D eigenvalue weighted by Gasteiger charge is -2.18. The number of rotatable bonds is 5. The van der Waals surface area contributed by atoms with E-state index in [-0.39, 0.29) is 19.1 Å². The molecule has 0 aromatic carbocycles. The monoisotopic (exact) mass is 183 g/mol. The van der Waals surface area contributed by atoms with Gasteiger partial charge in [0, 0.05) is 12.5 Å². The van der Waals surface area contributed by atoms with Crippen LogP contribution in [0.25, 0.3) is 0 Å². The van der Waals surface area contributed by atoms with Crippen molar-refractivity contribution >= 4 is 7.82 Å². The van der Waals surface area contributed by atoms with Crippen LogP contribution in [0, 0.1) is 5.92 Å². The fourth-order valence-corrected chi connectivity index (χ4v) is 0.898. The molecule has 0 aromatic rings. The summed E-state index contributed by atoms with van der Waals surface area (Å²) < 4.78 is 14.1. The molecule has 0 saturated heterocycles. The van der Waals surface area contributed by atoms with Crippen LogP contribution in [-0.2, 0) is 9.09 Å². The van der Waals surface area contributed by atoms with Gasteiger partial charge in [-0.25, -0.2) is 0 Å². The third-order valence-electron chi connectivity index (χ3n) is 1.31. The van der Waals surface area contributed by atoms with Crippen LogP contribution in [0.3, 0.4) is 0 Å². The van der Waals surface area contributed by atoms with Gasteiger partial charge < -0.3 is 19.4 Å². The SMILES string of the molecule is CCC(CO)COP(=O)([O-])O. The summed E-state index contributed by atoms with van der Waals surface area (Å²) in [4.78, 5) is 18.2. The summed E-state index contributed by atoms with van der Waals surface area (Å²) in [6.07, 6.45) is 0.608. The molecule has 2 unspecified atom stereocenters. The molecule has 0 radical (unpaired) electrons. The van der Waals surface area contributed by atoms with Crippen LogP contribution in [0.5, 0.6) is 0 Å². The van der Waals surface area contributed by atoms with E-state index >= 15 is 0 Å². The molecule has 0 amide bonds. The van der Waals surface area contributed by atoms with Crippen LogP contribution in [0.2, 0.25) is 0 Å². The lowest BCUT2D eigenvalue weighted by Crippen LogP contribution is -2.14. The first-order valence-electron chi connectivity index (χ1n) is 3.28. The topological polar surface area (TPSA) is 89.8 Å². The maximum absolute atomic E-state index is 10.0. The van der Waals surface area contributed by atoms with Gasteiger partial charge in [-0.15, -0.1) is 0 Å². The molecule has 2 atom stereocenters. The standard InChI is InChI=1S/C5H13O5P/c1-2-5(3-6)4-10-11(7,8)9/h5-6H,2-4H2,1H3,(H2,7,8,9)/p-1. The number of aliphatic hydroxyl groups excluding tert-OH is 1. The van der Waals surface area contributed by atoms with Gasteiger partial charge in [-0.05, 0) is 6.42 Å². The first kappa shape index (κ1) is 11.1. The second-order valence-corrected chi connectivity index (χ2v) is 3.42. The molecule has 0 saturated carbocycles. The Morgan fingerprint density at radius 1 is 1.73 bits per heavy atom. The van der Waals surface area contributed by atoms with Crippen LogP contribution in [0.1, 0.15) is 13.3 Å². The zero-order valence-corrected chi connectivity index (χ0v) is 7.16. The molecule has 5 nitrogen and oxygen atoms in total. The molecule has 0 fully saturated rings. The summed E-state index contributed by atoms with van der Waals surface area (Å²) in [6, 6.07) is 0. The van der Waals surface area contributed by atoms with Crippen molar-refractivity contribution in [3.05, 3.63) is 0 Å². The van der Waals surface area contributed by atoms with Crippen LogP contribution in [0.4, 0.5) is 0 Å². The summed E-state index contributed by atoms with van der Waals surface area (Å²) >= 11 is 0. The first-order valence-corrected chi connectivity index (χ1v) is 4.78. The van der Waals surface area contributed by atoms with Crippen LogP contribution >= 0.6 is 7.82 Å². The highest BCUT2D eigenvalue weighted by atomic mass is 31.2. The summed E-state index contributed by atoms with van der Waals surface area (Å²) in [5, 5.41) is 8.57. The van der Waals surface area contributed by atoms with Crippen molar-refractivity contribution in [1.29, 1.82) is 0 Å². The van der Waals surface area contributed by atoms with Gasteiger partial charge in [0.1, 0.15) is 0 Å². The maximum atomic E-state index is 10.0.